The fourth-order valence-electron chi connectivity index (χ4n) is 0.483. The van der Waals surface area contributed by atoms with E-state index in [1.807, 2.05) is 0 Å². The first kappa shape index (κ1) is 9.61. The van der Waals surface area contributed by atoms with Crippen LogP contribution in [-0.2, 0) is 0 Å². The van der Waals surface area contributed by atoms with Crippen LogP contribution in [0.1, 0.15) is 13.8 Å². The molecule has 0 saturated carbocycles. The number of allylic oxidation sites excluding steroid dienone is 2. The molecule has 0 aromatic rings. The van der Waals surface area contributed by atoms with E-state index in [4.69, 9.17) is 5.41 Å². The fourth-order valence-corrected chi connectivity index (χ4v) is 0.483. The van der Waals surface area contributed by atoms with Crippen molar-refractivity contribution in [3.63, 3.8) is 0 Å². The minimum Gasteiger partial charge on any atom is -0.390 e. The van der Waals surface area contributed by atoms with Crippen LogP contribution in [0.4, 0.5) is 0 Å². The molecule has 0 aromatic heterocycles. The fraction of sp³-hybridized carbons (Fsp3) is 0.500. The zero-order chi connectivity index (χ0) is 9.02. The first-order valence-corrected chi connectivity index (χ1v) is 3.10. The Morgan fingerprint density at radius 3 is 2.45 bits per heavy atom. The molecule has 0 bridgehead atoms. The highest BCUT2D eigenvalue weighted by Crippen LogP contribution is 1.99. The highest BCUT2D eigenvalue weighted by molar-refractivity contribution is 5.69. The molecule has 0 atom stereocenters. The number of nitrogens with one attached hydrogen (secondary N) is 1. The van der Waals surface area contributed by atoms with Crippen LogP contribution in [0.15, 0.2) is 11.8 Å². The topological polar surface area (TPSA) is 70.2 Å². The normalized spacial score (nSPS) is 11.0. The van der Waals surface area contributed by atoms with E-state index in [-0.39, 0.29) is 0 Å². The quantitative estimate of drug-likeness (QED) is 0.267. The van der Waals surface area contributed by atoms with Gasteiger partial charge in [0.1, 0.15) is 0 Å². The van der Waals surface area contributed by atoms with Gasteiger partial charge in [0.2, 0.25) is 0 Å². The molecule has 0 aliphatic heterocycles. The van der Waals surface area contributed by atoms with Gasteiger partial charge in [0.25, 0.3) is 0 Å². The third-order valence-corrected chi connectivity index (χ3v) is 1.44. The van der Waals surface area contributed by atoms with E-state index in [0.29, 0.717) is 5.70 Å². The molecule has 0 aliphatic carbocycles. The zero-order valence-electron chi connectivity index (χ0n) is 6.79. The van der Waals surface area contributed by atoms with Crippen molar-refractivity contribution < 1.29 is 4.92 Å². The van der Waals surface area contributed by atoms with Crippen LogP contribution in [0.3, 0.4) is 0 Å². The summed E-state index contributed by atoms with van der Waals surface area (Å²) in [5.41, 5.74) is 0.687. The predicted octanol–water partition coefficient (Wildman–Crippen LogP) is 1.05. The van der Waals surface area contributed by atoms with Crippen LogP contribution in [0, 0.1) is 15.5 Å². The van der Waals surface area contributed by atoms with Crippen LogP contribution in [0.25, 0.3) is 0 Å². The average Bonchev–Trinajstić information content (AvgIpc) is 2.00. The number of nitro groups is 1. The molecule has 0 aromatic carbocycles. The summed E-state index contributed by atoms with van der Waals surface area (Å²) in [6.45, 7) is 3.47. The van der Waals surface area contributed by atoms with Crippen molar-refractivity contribution in [1.29, 1.82) is 5.41 Å². The maximum absolute atomic E-state index is 10.1. The minimum absolute atomic E-state index is 0.611. The smallest absolute Gasteiger partial charge is 0.390 e. The second-order valence-corrected chi connectivity index (χ2v) is 2.07. The summed E-state index contributed by atoms with van der Waals surface area (Å²) >= 11 is 0. The van der Waals surface area contributed by atoms with E-state index >= 15 is 0 Å². The zero-order valence-corrected chi connectivity index (χ0v) is 6.79. The number of guanidine groups is 1. The molecule has 5 heteroatoms. The molecule has 0 aliphatic rings. The predicted molar refractivity (Wildman–Crippen MR) is 41.9 cm³/mol. The lowest BCUT2D eigenvalue weighted by Crippen LogP contribution is -2.30. The summed E-state index contributed by atoms with van der Waals surface area (Å²) in [6.07, 6.45) is 1.71. The van der Waals surface area contributed by atoms with Crippen molar-refractivity contribution in [2.24, 2.45) is 0 Å². The largest absolute Gasteiger partial charge is 0.426 e. The van der Waals surface area contributed by atoms with Gasteiger partial charge in [-0.05, 0) is 18.8 Å². The van der Waals surface area contributed by atoms with E-state index in [1.54, 1.807) is 19.9 Å². The van der Waals surface area contributed by atoms with Crippen LogP contribution >= 0.6 is 0 Å². The van der Waals surface area contributed by atoms with Gasteiger partial charge in [0.05, 0.1) is 12.7 Å². The molecule has 0 unspecified atom stereocenters. The number of hydrogen-bond donors (Lipinski definition) is 1. The van der Waals surface area contributed by atoms with Crippen molar-refractivity contribution in [3.05, 3.63) is 21.9 Å². The minimum atomic E-state index is -0.729. The standard InChI is InChI=1S/C6H11N3O2/c1-4-5(2)8(3)6(7)9(10)11/h4,7H,1-3H3/b5-4+,7-6?. The third-order valence-electron chi connectivity index (χ3n) is 1.44. The second kappa shape index (κ2) is 3.70. The molecular formula is C6H11N3O2. The molecule has 5 nitrogen and oxygen atoms in total. The Kier molecular flexibility index (Phi) is 3.23. The van der Waals surface area contributed by atoms with Crippen molar-refractivity contribution in [3.8, 4) is 0 Å². The summed E-state index contributed by atoms with van der Waals surface area (Å²) in [6, 6.07) is 0. The Bertz CT molecular complexity index is 210. The van der Waals surface area contributed by atoms with E-state index < -0.39 is 10.9 Å². The van der Waals surface area contributed by atoms with Crippen LogP contribution in [0.2, 0.25) is 0 Å². The van der Waals surface area contributed by atoms with Gasteiger partial charge in [0, 0.05) is 0 Å². The molecule has 0 heterocycles. The van der Waals surface area contributed by atoms with Gasteiger partial charge >= 0.3 is 5.96 Å². The van der Waals surface area contributed by atoms with Gasteiger partial charge in [-0.25, -0.2) is 4.90 Å². The molecule has 62 valence electrons. The molecule has 11 heavy (non-hydrogen) atoms. The summed E-state index contributed by atoms with van der Waals surface area (Å²) in [5.74, 6) is -0.611. The van der Waals surface area contributed by atoms with Gasteiger partial charge in [0.15, 0.2) is 0 Å². The summed E-state index contributed by atoms with van der Waals surface area (Å²) in [7, 11) is 1.49. The van der Waals surface area contributed by atoms with Gasteiger partial charge in [-0.15, -0.1) is 5.41 Å². The summed E-state index contributed by atoms with van der Waals surface area (Å²) in [4.78, 5) is 10.6. The van der Waals surface area contributed by atoms with Gasteiger partial charge in [-0.2, -0.15) is 0 Å². The van der Waals surface area contributed by atoms with Crippen LogP contribution in [0.5, 0.6) is 0 Å². The molecule has 0 amide bonds. The van der Waals surface area contributed by atoms with E-state index in [0.717, 1.165) is 0 Å². The highest BCUT2D eigenvalue weighted by atomic mass is 16.6. The maximum Gasteiger partial charge on any atom is 0.426 e. The van der Waals surface area contributed by atoms with Crippen molar-refractivity contribution >= 4 is 5.96 Å². The molecule has 0 saturated heterocycles. The Morgan fingerprint density at radius 2 is 2.18 bits per heavy atom. The monoisotopic (exact) mass is 157 g/mol. The van der Waals surface area contributed by atoms with Gasteiger partial charge in [-0.3, -0.25) is 0 Å². The summed E-state index contributed by atoms with van der Waals surface area (Å²) < 4.78 is 0. The molecule has 0 spiro atoms. The lowest BCUT2D eigenvalue weighted by atomic mass is 10.4. The molecule has 0 rings (SSSR count). The Hall–Kier alpha value is -1.39. The van der Waals surface area contributed by atoms with Gasteiger partial charge in [-0.1, -0.05) is 6.08 Å². The highest BCUT2D eigenvalue weighted by Gasteiger charge is 2.15. The summed E-state index contributed by atoms with van der Waals surface area (Å²) in [5, 5.41) is 17.0. The Morgan fingerprint density at radius 1 is 1.73 bits per heavy atom. The van der Waals surface area contributed by atoms with E-state index in [2.05, 4.69) is 0 Å². The van der Waals surface area contributed by atoms with Crippen LogP contribution < -0.4 is 0 Å². The first-order valence-electron chi connectivity index (χ1n) is 3.10. The lowest BCUT2D eigenvalue weighted by Gasteiger charge is -2.11. The van der Waals surface area contributed by atoms with Crippen LogP contribution in [-0.4, -0.2) is 22.8 Å². The lowest BCUT2D eigenvalue weighted by molar-refractivity contribution is -0.363. The Labute approximate surface area is 65.0 Å². The number of nitrogens with zero attached hydrogens (tertiary/aromatic N) is 2. The second-order valence-electron chi connectivity index (χ2n) is 2.07. The van der Waals surface area contributed by atoms with Crippen molar-refractivity contribution in [2.75, 3.05) is 7.05 Å². The third kappa shape index (κ3) is 2.37. The molecule has 0 fully saturated rings. The maximum atomic E-state index is 10.1. The molecule has 0 radical (unpaired) electrons. The first-order chi connectivity index (χ1) is 5.00. The number of hydrogen-bond acceptors (Lipinski definition) is 3. The Balaban J connectivity index is 4.38. The SMILES string of the molecule is C/C=C(\C)N(C)C(=N)[N+](=O)[O-]. The van der Waals surface area contributed by atoms with Gasteiger partial charge < -0.3 is 10.1 Å². The van der Waals surface area contributed by atoms with Crippen molar-refractivity contribution in [1.82, 2.24) is 4.90 Å². The molecular weight excluding hydrogens is 146 g/mol. The average molecular weight is 157 g/mol. The van der Waals surface area contributed by atoms with E-state index in [9.17, 15) is 10.1 Å². The number of rotatable bonds is 1. The van der Waals surface area contributed by atoms with E-state index in [1.165, 1.54) is 11.9 Å². The van der Waals surface area contributed by atoms with Crippen molar-refractivity contribution in [2.45, 2.75) is 13.8 Å². The molecule has 1 N–H and O–H groups in total.